The number of carbonyl (C=O) groups excluding carboxylic acids is 1. The lowest BCUT2D eigenvalue weighted by Crippen LogP contribution is -2.21. The fourth-order valence-electron chi connectivity index (χ4n) is 3.19. The van der Waals surface area contributed by atoms with Crippen LogP contribution < -0.4 is 4.90 Å². The molecule has 23 heavy (non-hydrogen) atoms. The number of fused-ring (bicyclic) bond motifs is 1. The summed E-state index contributed by atoms with van der Waals surface area (Å²) in [5.41, 5.74) is 4.30. The third-order valence-electron chi connectivity index (χ3n) is 4.47. The van der Waals surface area contributed by atoms with Gasteiger partial charge in [0.05, 0.1) is 5.69 Å². The lowest BCUT2D eigenvalue weighted by Gasteiger charge is -2.22. The monoisotopic (exact) mass is 313 g/mol. The molecule has 1 amide bonds. The normalized spacial score (nSPS) is 16.8. The van der Waals surface area contributed by atoms with Crippen molar-refractivity contribution in [3.8, 4) is 0 Å². The fourth-order valence-corrected chi connectivity index (χ4v) is 3.19. The molecular formula is C18H23N3O2. The molecule has 1 aliphatic rings. The summed E-state index contributed by atoms with van der Waals surface area (Å²) >= 11 is 0. The maximum absolute atomic E-state index is 12.0. The zero-order valence-electron chi connectivity index (χ0n) is 14.2. The van der Waals surface area contributed by atoms with Gasteiger partial charge >= 0.3 is 0 Å². The molecule has 0 spiro atoms. The first-order chi connectivity index (χ1) is 11.0. The van der Waals surface area contributed by atoms with E-state index in [0.717, 1.165) is 36.4 Å². The molecule has 0 saturated carbocycles. The number of hydrogen-bond donors (Lipinski definition) is 0. The lowest BCUT2D eigenvalue weighted by molar-refractivity contribution is 0.0827. The second-order valence-electron chi connectivity index (χ2n) is 6.57. The van der Waals surface area contributed by atoms with Crippen LogP contribution in [0.3, 0.4) is 0 Å². The van der Waals surface area contributed by atoms with Crippen LogP contribution in [0.2, 0.25) is 0 Å². The van der Waals surface area contributed by atoms with E-state index in [-0.39, 0.29) is 5.91 Å². The molecule has 1 unspecified atom stereocenters. The molecule has 1 aliphatic carbocycles. The number of carbonyl (C=O) groups is 1. The summed E-state index contributed by atoms with van der Waals surface area (Å²) in [4.78, 5) is 15.5. The molecule has 1 aromatic heterocycles. The summed E-state index contributed by atoms with van der Waals surface area (Å²) in [6.07, 6.45) is 2.96. The average molecular weight is 313 g/mol. The first-order valence-electron chi connectivity index (χ1n) is 7.93. The van der Waals surface area contributed by atoms with Crippen LogP contribution in [0.1, 0.15) is 39.5 Å². The van der Waals surface area contributed by atoms with Gasteiger partial charge in [0, 0.05) is 45.7 Å². The maximum Gasteiger partial charge on any atom is 0.253 e. The maximum atomic E-state index is 12.0. The molecule has 122 valence electrons. The van der Waals surface area contributed by atoms with Gasteiger partial charge in [0.25, 0.3) is 5.91 Å². The summed E-state index contributed by atoms with van der Waals surface area (Å²) in [6, 6.07) is 7.97. The Kier molecular flexibility index (Phi) is 4.11. The summed E-state index contributed by atoms with van der Waals surface area (Å²) in [7, 11) is 7.50. The lowest BCUT2D eigenvalue weighted by atomic mass is 9.83. The molecule has 0 radical (unpaired) electrons. The summed E-state index contributed by atoms with van der Waals surface area (Å²) in [5.74, 6) is 1.35. The predicted octanol–water partition coefficient (Wildman–Crippen LogP) is 2.71. The number of hydrogen-bond acceptors (Lipinski definition) is 4. The Morgan fingerprint density at radius 3 is 2.48 bits per heavy atom. The van der Waals surface area contributed by atoms with Gasteiger partial charge < -0.3 is 14.3 Å². The van der Waals surface area contributed by atoms with Crippen LogP contribution in [0.5, 0.6) is 0 Å². The molecule has 5 nitrogen and oxygen atoms in total. The third-order valence-corrected chi connectivity index (χ3v) is 4.47. The van der Waals surface area contributed by atoms with Crippen molar-refractivity contribution in [2.24, 2.45) is 0 Å². The van der Waals surface area contributed by atoms with Gasteiger partial charge in [-0.25, -0.2) is 0 Å². The van der Waals surface area contributed by atoms with Gasteiger partial charge in [-0.15, -0.1) is 0 Å². The number of aromatic nitrogens is 1. The highest BCUT2D eigenvalue weighted by atomic mass is 16.5. The number of rotatable bonds is 3. The first-order valence-corrected chi connectivity index (χ1v) is 7.93. The van der Waals surface area contributed by atoms with Crippen LogP contribution in [0, 0.1) is 0 Å². The molecular weight excluding hydrogens is 290 g/mol. The molecule has 3 rings (SSSR count). The van der Waals surface area contributed by atoms with Gasteiger partial charge in [-0.2, -0.15) is 0 Å². The minimum absolute atomic E-state index is 0.0367. The van der Waals surface area contributed by atoms with Gasteiger partial charge in [-0.1, -0.05) is 17.3 Å². The molecule has 0 bridgehead atoms. The number of anilines is 1. The van der Waals surface area contributed by atoms with Crippen molar-refractivity contribution in [3.63, 3.8) is 0 Å². The Morgan fingerprint density at radius 1 is 1.17 bits per heavy atom. The Hall–Kier alpha value is -2.30. The molecule has 2 aromatic rings. The largest absolute Gasteiger partial charge is 0.347 e. The van der Waals surface area contributed by atoms with E-state index in [2.05, 4.69) is 17.3 Å². The Labute approximate surface area is 136 Å². The van der Waals surface area contributed by atoms with Crippen molar-refractivity contribution < 1.29 is 9.32 Å². The smallest absolute Gasteiger partial charge is 0.253 e. The van der Waals surface area contributed by atoms with Gasteiger partial charge in [0.15, 0.2) is 0 Å². The van der Waals surface area contributed by atoms with Crippen molar-refractivity contribution in [2.45, 2.75) is 25.2 Å². The van der Waals surface area contributed by atoms with Gasteiger partial charge in [0.2, 0.25) is 5.88 Å². The molecule has 0 N–H and O–H groups in total. The quantitative estimate of drug-likeness (QED) is 0.874. The van der Waals surface area contributed by atoms with Crippen LogP contribution in [0.15, 0.2) is 28.8 Å². The van der Waals surface area contributed by atoms with E-state index in [4.69, 9.17) is 4.52 Å². The molecule has 1 heterocycles. The van der Waals surface area contributed by atoms with Crippen molar-refractivity contribution >= 4 is 11.8 Å². The van der Waals surface area contributed by atoms with Gasteiger partial charge in [-0.05, 0) is 36.5 Å². The zero-order valence-corrected chi connectivity index (χ0v) is 14.2. The SMILES string of the molecule is CN(C)C(=O)c1ccc(C2CCc3c(noc3N(C)C)C2)cc1. The van der Waals surface area contributed by atoms with Crippen LogP contribution in [0.25, 0.3) is 0 Å². The summed E-state index contributed by atoms with van der Waals surface area (Å²) in [6.45, 7) is 0. The minimum Gasteiger partial charge on any atom is -0.347 e. The van der Waals surface area contributed by atoms with E-state index >= 15 is 0 Å². The number of nitrogens with zero attached hydrogens (tertiary/aromatic N) is 3. The molecule has 0 aliphatic heterocycles. The molecule has 1 atom stereocenters. The second-order valence-corrected chi connectivity index (χ2v) is 6.57. The standard InChI is InChI=1S/C18H23N3O2/c1-20(2)17(22)13-7-5-12(6-8-13)14-9-10-15-16(11-14)19-23-18(15)21(3)4/h5-8,14H,9-11H2,1-4H3. The summed E-state index contributed by atoms with van der Waals surface area (Å²) in [5, 5.41) is 4.25. The topological polar surface area (TPSA) is 49.6 Å². The van der Waals surface area contributed by atoms with E-state index in [1.807, 2.05) is 31.1 Å². The van der Waals surface area contributed by atoms with Gasteiger partial charge in [0.1, 0.15) is 0 Å². The van der Waals surface area contributed by atoms with E-state index in [9.17, 15) is 4.79 Å². The highest BCUT2D eigenvalue weighted by molar-refractivity contribution is 5.93. The average Bonchev–Trinajstić information content (AvgIpc) is 2.97. The number of benzene rings is 1. The van der Waals surface area contributed by atoms with Crippen LogP contribution in [-0.4, -0.2) is 44.2 Å². The molecule has 0 saturated heterocycles. The molecule has 0 fully saturated rings. The third kappa shape index (κ3) is 2.96. The number of amides is 1. The van der Waals surface area contributed by atoms with Crippen molar-refractivity contribution in [3.05, 3.63) is 46.6 Å². The first kappa shape index (κ1) is 15.6. The van der Waals surface area contributed by atoms with Gasteiger partial charge in [-0.3, -0.25) is 4.79 Å². The van der Waals surface area contributed by atoms with E-state index in [1.54, 1.807) is 19.0 Å². The van der Waals surface area contributed by atoms with Crippen LogP contribution in [-0.2, 0) is 12.8 Å². The summed E-state index contributed by atoms with van der Waals surface area (Å²) < 4.78 is 5.47. The van der Waals surface area contributed by atoms with Crippen molar-refractivity contribution in [1.82, 2.24) is 10.1 Å². The Bertz CT molecular complexity index is 702. The zero-order chi connectivity index (χ0) is 16.6. The highest BCUT2D eigenvalue weighted by Gasteiger charge is 2.27. The van der Waals surface area contributed by atoms with Crippen molar-refractivity contribution in [1.29, 1.82) is 0 Å². The van der Waals surface area contributed by atoms with Crippen LogP contribution in [0.4, 0.5) is 5.88 Å². The van der Waals surface area contributed by atoms with Crippen LogP contribution >= 0.6 is 0 Å². The highest BCUT2D eigenvalue weighted by Crippen LogP contribution is 2.36. The molecule has 5 heteroatoms. The minimum atomic E-state index is 0.0367. The second kappa shape index (κ2) is 6.07. The fraction of sp³-hybridized carbons (Fsp3) is 0.444. The van der Waals surface area contributed by atoms with E-state index < -0.39 is 0 Å². The predicted molar refractivity (Wildman–Crippen MR) is 90.1 cm³/mol. The van der Waals surface area contributed by atoms with E-state index in [0.29, 0.717) is 5.92 Å². The Morgan fingerprint density at radius 2 is 1.87 bits per heavy atom. The van der Waals surface area contributed by atoms with E-state index in [1.165, 1.54) is 11.1 Å². The van der Waals surface area contributed by atoms with Crippen molar-refractivity contribution in [2.75, 3.05) is 33.1 Å². The molecule has 1 aromatic carbocycles. The Balaban J connectivity index is 1.77.